The van der Waals surface area contributed by atoms with Gasteiger partial charge in [-0.25, -0.2) is 0 Å². The highest BCUT2D eigenvalue weighted by atomic mass is 27.0. The van der Waals surface area contributed by atoms with Gasteiger partial charge in [-0.3, -0.25) is 0 Å². The Hall–Kier alpha value is 0.452. The fraction of sp³-hybridized carbons (Fsp3) is 1.00. The average molecular weight is 158 g/mol. The predicted octanol–water partition coefficient (Wildman–Crippen LogP) is 0.522. The summed E-state index contributed by atoms with van der Waals surface area (Å²) in [6, 6.07) is 0.127. The summed E-state index contributed by atoms with van der Waals surface area (Å²) >= 11 is 2.42. The summed E-state index contributed by atoms with van der Waals surface area (Å²) < 4.78 is 0. The Labute approximate surface area is 72.8 Å². The van der Waals surface area contributed by atoms with Gasteiger partial charge in [0.05, 0.1) is 0 Å². The molecule has 0 aliphatic heterocycles. The lowest BCUT2D eigenvalue weighted by Gasteiger charge is -2.25. The van der Waals surface area contributed by atoms with Crippen molar-refractivity contribution in [2.75, 3.05) is 6.54 Å². The average Bonchev–Trinajstić information content (AvgIpc) is 1.89. The van der Waals surface area contributed by atoms with E-state index in [0.717, 1.165) is 0 Å². The van der Waals surface area contributed by atoms with Crippen LogP contribution in [0.25, 0.3) is 0 Å². The molecule has 0 amide bonds. The van der Waals surface area contributed by atoms with E-state index in [2.05, 4.69) is 37.1 Å². The van der Waals surface area contributed by atoms with E-state index in [-0.39, 0.29) is 11.5 Å². The summed E-state index contributed by atoms with van der Waals surface area (Å²) in [5.41, 5.74) is 11.1. The van der Waals surface area contributed by atoms with Crippen LogP contribution in [0, 0.1) is 5.41 Å². The molecule has 0 aromatic rings. The molecule has 0 aliphatic carbocycles. The Bertz CT molecular complexity index is 68.5. The first kappa shape index (κ1) is 13.1. The van der Waals surface area contributed by atoms with Gasteiger partial charge in [0, 0.05) is 12.6 Å². The zero-order valence-electron chi connectivity index (χ0n) is 7.52. The molecule has 0 saturated heterocycles. The Morgan fingerprint density at radius 1 is 1.30 bits per heavy atom. The number of rotatable bonds is 1. The second kappa shape index (κ2) is 6.18. The standard InChI is InChI=1S/C6H16N2.CH3.Al/c1-6(2,3)5(8)4-7;;/h5H,4,7-8H2,1-3H3;1H3;. The summed E-state index contributed by atoms with van der Waals surface area (Å²) in [5.74, 6) is 1.92. The van der Waals surface area contributed by atoms with Crippen LogP contribution in [-0.2, 0) is 0 Å². The van der Waals surface area contributed by atoms with Crippen molar-refractivity contribution in [2.24, 2.45) is 16.9 Å². The number of hydrogen-bond donors (Lipinski definition) is 2. The summed E-state index contributed by atoms with van der Waals surface area (Å²) in [5, 5.41) is 0. The maximum absolute atomic E-state index is 5.62. The van der Waals surface area contributed by atoms with Gasteiger partial charge in [0.15, 0.2) is 0 Å². The Kier molecular flexibility index (Phi) is 8.08. The number of nitrogens with two attached hydrogens (primary N) is 2. The van der Waals surface area contributed by atoms with Gasteiger partial charge >= 0.3 is 0 Å². The van der Waals surface area contributed by atoms with E-state index < -0.39 is 0 Å². The minimum Gasteiger partial charge on any atom is -0.329 e. The van der Waals surface area contributed by atoms with Crippen LogP contribution in [-0.4, -0.2) is 28.9 Å². The quantitative estimate of drug-likeness (QED) is 0.547. The monoisotopic (exact) mass is 158 g/mol. The first-order valence-corrected chi connectivity index (χ1v) is 4.67. The maximum Gasteiger partial charge on any atom is 0.112 e. The van der Waals surface area contributed by atoms with Crippen LogP contribution in [0.3, 0.4) is 0 Å². The van der Waals surface area contributed by atoms with Crippen molar-refractivity contribution in [1.29, 1.82) is 0 Å². The molecular formula is C7H19AlN2. The topological polar surface area (TPSA) is 52.0 Å². The van der Waals surface area contributed by atoms with Crippen LogP contribution in [0.4, 0.5) is 0 Å². The van der Waals surface area contributed by atoms with Gasteiger partial charge in [0.25, 0.3) is 0 Å². The lowest BCUT2D eigenvalue weighted by Crippen LogP contribution is -2.41. The second-order valence-electron chi connectivity index (χ2n) is 3.21. The van der Waals surface area contributed by atoms with Gasteiger partial charge in [-0.2, -0.15) is 0 Å². The van der Waals surface area contributed by atoms with Crippen LogP contribution >= 0.6 is 0 Å². The summed E-state index contributed by atoms with van der Waals surface area (Å²) in [6.07, 6.45) is 0. The van der Waals surface area contributed by atoms with Crippen molar-refractivity contribution in [3.8, 4) is 0 Å². The fourth-order valence-electron chi connectivity index (χ4n) is 0.354. The van der Waals surface area contributed by atoms with Crippen LogP contribution in [0.1, 0.15) is 20.8 Å². The molecule has 1 unspecified atom stereocenters. The van der Waals surface area contributed by atoms with Crippen molar-refractivity contribution in [1.82, 2.24) is 0 Å². The van der Waals surface area contributed by atoms with Crippen LogP contribution in [0.15, 0.2) is 0 Å². The van der Waals surface area contributed by atoms with Gasteiger partial charge in [0.2, 0.25) is 0 Å². The molecule has 0 bridgehead atoms. The second-order valence-corrected chi connectivity index (χ2v) is 3.21. The zero-order valence-corrected chi connectivity index (χ0v) is 8.67. The smallest absolute Gasteiger partial charge is 0.112 e. The van der Waals surface area contributed by atoms with Crippen LogP contribution in [0.5, 0.6) is 0 Å². The maximum atomic E-state index is 5.62. The van der Waals surface area contributed by atoms with E-state index in [9.17, 15) is 0 Å². The molecule has 2 nitrogen and oxygen atoms in total. The van der Waals surface area contributed by atoms with Crippen molar-refractivity contribution in [3.05, 3.63) is 0 Å². The molecule has 10 heavy (non-hydrogen) atoms. The zero-order chi connectivity index (χ0) is 8.78. The Balaban J connectivity index is 0. The van der Waals surface area contributed by atoms with Gasteiger partial charge in [0.1, 0.15) is 16.3 Å². The van der Waals surface area contributed by atoms with Crippen LogP contribution in [0.2, 0.25) is 5.79 Å². The van der Waals surface area contributed by atoms with E-state index >= 15 is 0 Å². The molecule has 4 N–H and O–H groups in total. The minimum absolute atomic E-state index is 0.127. The third-order valence-electron chi connectivity index (χ3n) is 1.37. The third-order valence-corrected chi connectivity index (χ3v) is 1.37. The van der Waals surface area contributed by atoms with Gasteiger partial charge < -0.3 is 11.5 Å². The lowest BCUT2D eigenvalue weighted by atomic mass is 9.88. The molecule has 0 aromatic heterocycles. The lowest BCUT2D eigenvalue weighted by molar-refractivity contribution is 0.326. The van der Waals surface area contributed by atoms with Crippen LogP contribution < -0.4 is 11.5 Å². The van der Waals surface area contributed by atoms with E-state index in [1.807, 2.05) is 5.79 Å². The number of hydrogen-bond acceptors (Lipinski definition) is 2. The van der Waals surface area contributed by atoms with Gasteiger partial charge in [-0.1, -0.05) is 20.8 Å². The molecule has 3 heteroatoms. The molecule has 0 fully saturated rings. The van der Waals surface area contributed by atoms with E-state index in [4.69, 9.17) is 11.5 Å². The predicted molar refractivity (Wildman–Crippen MR) is 48.1 cm³/mol. The van der Waals surface area contributed by atoms with Crippen molar-refractivity contribution < 1.29 is 0 Å². The van der Waals surface area contributed by atoms with E-state index in [1.54, 1.807) is 0 Å². The molecule has 0 saturated carbocycles. The molecular weight excluding hydrogens is 139 g/mol. The first-order chi connectivity index (χ1) is 4.48. The fourth-order valence-corrected chi connectivity index (χ4v) is 0.354. The summed E-state index contributed by atoms with van der Waals surface area (Å²) in [6.45, 7) is 6.84. The molecule has 0 aliphatic rings. The highest BCUT2D eigenvalue weighted by molar-refractivity contribution is 6.05. The van der Waals surface area contributed by atoms with Crippen molar-refractivity contribution in [2.45, 2.75) is 32.6 Å². The Morgan fingerprint density at radius 3 is 1.60 bits per heavy atom. The van der Waals surface area contributed by atoms with E-state index in [1.165, 1.54) is 0 Å². The Morgan fingerprint density at radius 2 is 1.60 bits per heavy atom. The highest BCUT2D eigenvalue weighted by Crippen LogP contribution is 2.15. The summed E-state index contributed by atoms with van der Waals surface area (Å²) in [4.78, 5) is 0. The first-order valence-electron chi connectivity index (χ1n) is 3.52. The van der Waals surface area contributed by atoms with Gasteiger partial charge in [-0.05, 0) is 5.41 Å². The molecule has 1 atom stereocenters. The molecule has 0 heterocycles. The SMILES string of the molecule is CC(C)(C)C(N)CN.[CH3][Al]. The molecule has 2 radical (unpaired) electrons. The summed E-state index contributed by atoms with van der Waals surface area (Å²) in [7, 11) is 0. The van der Waals surface area contributed by atoms with Crippen molar-refractivity contribution >= 4 is 16.3 Å². The largest absolute Gasteiger partial charge is 0.329 e. The highest BCUT2D eigenvalue weighted by Gasteiger charge is 2.17. The molecule has 0 rings (SSSR count). The van der Waals surface area contributed by atoms with E-state index in [0.29, 0.717) is 6.54 Å². The van der Waals surface area contributed by atoms with Crippen molar-refractivity contribution in [3.63, 3.8) is 0 Å². The molecule has 0 aromatic carbocycles. The molecule has 0 spiro atoms. The normalized spacial score (nSPS) is 13.4. The third kappa shape index (κ3) is 6.57. The van der Waals surface area contributed by atoms with Gasteiger partial charge in [-0.15, -0.1) is 5.79 Å². The minimum atomic E-state index is 0.127. The molecule has 60 valence electrons.